The molecule has 0 fully saturated rings. The average molecular weight is 433 g/mol. The van der Waals surface area contributed by atoms with E-state index >= 15 is 0 Å². The maximum atomic E-state index is 12.2. The highest BCUT2D eigenvalue weighted by atomic mass is 79.9. The predicted molar refractivity (Wildman–Crippen MR) is 115 cm³/mol. The second kappa shape index (κ2) is 9.58. The molecule has 4 nitrogen and oxygen atoms in total. The number of hydrogen-bond acceptors (Lipinski definition) is 3. The Kier molecular flexibility index (Phi) is 6.65. The van der Waals surface area contributed by atoms with Gasteiger partial charge in [0.15, 0.2) is 5.78 Å². The molecule has 0 saturated carbocycles. The molecule has 0 aliphatic heterocycles. The molecule has 0 spiro atoms. The Labute approximate surface area is 171 Å². The summed E-state index contributed by atoms with van der Waals surface area (Å²) in [7, 11) is 0. The number of hydrazone groups is 1. The lowest BCUT2D eigenvalue weighted by Crippen LogP contribution is -2.17. The number of benzene rings is 3. The molecule has 0 atom stereocenters. The second-order valence-electron chi connectivity index (χ2n) is 5.91. The summed E-state index contributed by atoms with van der Waals surface area (Å²) in [6, 6.07) is 23.7. The van der Waals surface area contributed by atoms with Gasteiger partial charge in [0.25, 0.3) is 5.91 Å². The zero-order valence-electron chi connectivity index (χ0n) is 14.9. The monoisotopic (exact) mass is 432 g/mol. The molecule has 0 radical (unpaired) electrons. The molecule has 0 aromatic heterocycles. The molecule has 1 amide bonds. The molecule has 3 rings (SSSR count). The molecule has 0 heterocycles. The van der Waals surface area contributed by atoms with Crippen molar-refractivity contribution in [1.82, 2.24) is 5.43 Å². The van der Waals surface area contributed by atoms with Gasteiger partial charge in [-0.3, -0.25) is 9.59 Å². The van der Waals surface area contributed by atoms with Gasteiger partial charge in [0.2, 0.25) is 0 Å². The van der Waals surface area contributed by atoms with Crippen LogP contribution in [0, 0.1) is 0 Å². The van der Waals surface area contributed by atoms with Crippen LogP contribution in [-0.4, -0.2) is 17.9 Å². The fourth-order valence-electron chi connectivity index (χ4n) is 2.44. The number of rotatable bonds is 6. The number of carbonyl (C=O) groups excluding carboxylic acids is 2. The molecule has 0 bridgehead atoms. The van der Waals surface area contributed by atoms with E-state index in [1.807, 2.05) is 48.5 Å². The first-order valence-electron chi connectivity index (χ1n) is 8.59. The van der Waals surface area contributed by atoms with Crippen LogP contribution in [0.25, 0.3) is 6.08 Å². The maximum Gasteiger partial charge on any atom is 0.271 e. The van der Waals surface area contributed by atoms with Crippen molar-refractivity contribution in [2.24, 2.45) is 5.10 Å². The Morgan fingerprint density at radius 2 is 1.46 bits per heavy atom. The van der Waals surface area contributed by atoms with Crippen LogP contribution in [0.3, 0.4) is 0 Å². The summed E-state index contributed by atoms with van der Waals surface area (Å²) in [5.41, 5.74) is 5.40. The van der Waals surface area contributed by atoms with E-state index in [1.54, 1.807) is 48.7 Å². The normalized spacial score (nSPS) is 11.0. The smallest absolute Gasteiger partial charge is 0.271 e. The van der Waals surface area contributed by atoms with Crippen molar-refractivity contribution < 1.29 is 9.59 Å². The summed E-state index contributed by atoms with van der Waals surface area (Å²) in [5, 5.41) is 3.97. The molecular weight excluding hydrogens is 416 g/mol. The van der Waals surface area contributed by atoms with Gasteiger partial charge in [0.1, 0.15) is 0 Å². The summed E-state index contributed by atoms with van der Waals surface area (Å²) in [6.45, 7) is 0. The third kappa shape index (κ3) is 5.34. The summed E-state index contributed by atoms with van der Waals surface area (Å²) in [4.78, 5) is 24.2. The molecule has 0 unspecified atom stereocenters. The SMILES string of the molecule is O=C(N/N=C/c1ccc(/C=C/C(=O)c2ccccc2Br)cc1)c1ccccc1. The number of carbonyl (C=O) groups is 2. The minimum atomic E-state index is -0.262. The summed E-state index contributed by atoms with van der Waals surface area (Å²) < 4.78 is 0.772. The largest absolute Gasteiger partial charge is 0.289 e. The van der Waals surface area contributed by atoms with Crippen molar-refractivity contribution in [1.29, 1.82) is 0 Å². The number of amides is 1. The molecule has 0 aliphatic rings. The van der Waals surface area contributed by atoms with Crippen LogP contribution in [-0.2, 0) is 0 Å². The topological polar surface area (TPSA) is 58.5 Å². The summed E-state index contributed by atoms with van der Waals surface area (Å²) in [5.74, 6) is -0.330. The molecule has 0 aliphatic carbocycles. The average Bonchev–Trinajstić information content (AvgIpc) is 2.74. The lowest BCUT2D eigenvalue weighted by Gasteiger charge is -2.00. The highest BCUT2D eigenvalue weighted by Crippen LogP contribution is 2.17. The summed E-state index contributed by atoms with van der Waals surface area (Å²) >= 11 is 3.38. The van der Waals surface area contributed by atoms with Gasteiger partial charge >= 0.3 is 0 Å². The van der Waals surface area contributed by atoms with Crippen molar-refractivity contribution >= 4 is 39.9 Å². The number of hydrogen-bond donors (Lipinski definition) is 1. The second-order valence-corrected chi connectivity index (χ2v) is 6.76. The van der Waals surface area contributed by atoms with E-state index < -0.39 is 0 Å². The lowest BCUT2D eigenvalue weighted by atomic mass is 10.1. The fraction of sp³-hybridized carbons (Fsp3) is 0. The van der Waals surface area contributed by atoms with E-state index in [0.717, 1.165) is 15.6 Å². The Balaban J connectivity index is 1.58. The molecule has 5 heteroatoms. The van der Waals surface area contributed by atoms with Gasteiger partial charge in [-0.1, -0.05) is 76.6 Å². The third-order valence-electron chi connectivity index (χ3n) is 3.92. The number of allylic oxidation sites excluding steroid dienone is 1. The van der Waals surface area contributed by atoms with E-state index in [2.05, 4.69) is 26.5 Å². The van der Waals surface area contributed by atoms with Crippen LogP contribution < -0.4 is 5.43 Å². The van der Waals surface area contributed by atoms with E-state index in [-0.39, 0.29) is 11.7 Å². The van der Waals surface area contributed by atoms with Crippen LogP contribution in [0.4, 0.5) is 0 Å². The quantitative estimate of drug-likeness (QED) is 0.254. The van der Waals surface area contributed by atoms with E-state index in [1.165, 1.54) is 0 Å². The van der Waals surface area contributed by atoms with Gasteiger partial charge in [-0.15, -0.1) is 0 Å². The highest BCUT2D eigenvalue weighted by molar-refractivity contribution is 9.10. The van der Waals surface area contributed by atoms with Gasteiger partial charge in [0.05, 0.1) is 6.21 Å². The molecular formula is C23H17BrN2O2. The highest BCUT2D eigenvalue weighted by Gasteiger charge is 2.05. The number of nitrogens with one attached hydrogen (secondary N) is 1. The van der Waals surface area contributed by atoms with Crippen LogP contribution >= 0.6 is 15.9 Å². The number of halogens is 1. The van der Waals surface area contributed by atoms with E-state index in [9.17, 15) is 9.59 Å². The Bertz CT molecular complexity index is 1030. The van der Waals surface area contributed by atoms with Gasteiger partial charge < -0.3 is 0 Å². The van der Waals surface area contributed by atoms with E-state index in [4.69, 9.17) is 0 Å². The first kappa shape index (κ1) is 19.5. The zero-order valence-corrected chi connectivity index (χ0v) is 16.5. The zero-order chi connectivity index (χ0) is 19.8. The Morgan fingerprint density at radius 1 is 0.821 bits per heavy atom. The molecule has 0 saturated heterocycles. The maximum absolute atomic E-state index is 12.2. The van der Waals surface area contributed by atoms with Crippen molar-refractivity contribution in [2.75, 3.05) is 0 Å². The van der Waals surface area contributed by atoms with Crippen molar-refractivity contribution in [3.05, 3.63) is 112 Å². The lowest BCUT2D eigenvalue weighted by molar-refractivity contribution is 0.0954. The summed E-state index contributed by atoms with van der Waals surface area (Å²) in [6.07, 6.45) is 4.88. The minimum absolute atomic E-state index is 0.0678. The van der Waals surface area contributed by atoms with Crippen LogP contribution in [0.15, 0.2) is 94.5 Å². The molecule has 28 heavy (non-hydrogen) atoms. The Morgan fingerprint density at radius 3 is 2.18 bits per heavy atom. The van der Waals surface area contributed by atoms with Gasteiger partial charge in [0, 0.05) is 15.6 Å². The fourth-order valence-corrected chi connectivity index (χ4v) is 2.92. The number of ketones is 1. The van der Waals surface area contributed by atoms with Crippen LogP contribution in [0.5, 0.6) is 0 Å². The molecule has 1 N–H and O–H groups in total. The van der Waals surface area contributed by atoms with Gasteiger partial charge in [-0.05, 0) is 41.5 Å². The van der Waals surface area contributed by atoms with E-state index in [0.29, 0.717) is 11.1 Å². The van der Waals surface area contributed by atoms with Gasteiger partial charge in [-0.2, -0.15) is 5.10 Å². The predicted octanol–water partition coefficient (Wildman–Crippen LogP) is 5.11. The van der Waals surface area contributed by atoms with Crippen molar-refractivity contribution in [3.8, 4) is 0 Å². The minimum Gasteiger partial charge on any atom is -0.289 e. The van der Waals surface area contributed by atoms with Crippen molar-refractivity contribution in [2.45, 2.75) is 0 Å². The molecule has 138 valence electrons. The van der Waals surface area contributed by atoms with Gasteiger partial charge in [-0.25, -0.2) is 5.43 Å². The van der Waals surface area contributed by atoms with Crippen LogP contribution in [0.1, 0.15) is 31.8 Å². The Hall–Kier alpha value is -3.31. The number of nitrogens with zero attached hydrogens (tertiary/aromatic N) is 1. The third-order valence-corrected chi connectivity index (χ3v) is 4.61. The standard InChI is InChI=1S/C23H17BrN2O2/c24-21-9-5-4-8-20(21)22(27)15-14-17-10-12-18(13-11-17)16-25-26-23(28)19-6-2-1-3-7-19/h1-16H,(H,26,28)/b15-14+,25-16+. The first-order chi connectivity index (χ1) is 13.6. The molecule has 3 aromatic rings. The van der Waals surface area contributed by atoms with Crippen molar-refractivity contribution in [3.63, 3.8) is 0 Å². The first-order valence-corrected chi connectivity index (χ1v) is 9.38. The van der Waals surface area contributed by atoms with Crippen LogP contribution in [0.2, 0.25) is 0 Å². The molecule has 3 aromatic carbocycles.